The summed E-state index contributed by atoms with van der Waals surface area (Å²) in [6.45, 7) is 3.41. The van der Waals surface area contributed by atoms with Gasteiger partial charge < -0.3 is 10.6 Å². The predicted molar refractivity (Wildman–Crippen MR) is 115 cm³/mol. The number of carbonyl (C=O) groups excluding carboxylic acids is 1. The molecule has 5 fully saturated rings. The number of benzene rings is 1. The average molecular weight is 432 g/mol. The fourth-order valence-electron chi connectivity index (χ4n) is 6.89. The van der Waals surface area contributed by atoms with Gasteiger partial charge >= 0.3 is 6.03 Å². The third-order valence-corrected chi connectivity index (χ3v) is 9.71. The van der Waals surface area contributed by atoms with Gasteiger partial charge in [0.15, 0.2) is 0 Å². The molecule has 30 heavy (non-hydrogen) atoms. The van der Waals surface area contributed by atoms with Gasteiger partial charge in [-0.1, -0.05) is 12.1 Å². The number of amides is 2. The van der Waals surface area contributed by atoms with Crippen LogP contribution in [0.2, 0.25) is 0 Å². The van der Waals surface area contributed by atoms with Crippen LogP contribution >= 0.6 is 0 Å². The molecule has 0 radical (unpaired) electrons. The van der Waals surface area contributed by atoms with Crippen LogP contribution in [0.3, 0.4) is 0 Å². The second-order valence-corrected chi connectivity index (χ2v) is 12.3. The Labute approximate surface area is 179 Å². The maximum absolute atomic E-state index is 12.9. The van der Waals surface area contributed by atoms with Crippen molar-refractivity contribution in [3.05, 3.63) is 29.8 Å². The van der Waals surface area contributed by atoms with Crippen LogP contribution in [0.25, 0.3) is 0 Å². The van der Waals surface area contributed by atoms with Crippen LogP contribution < -0.4 is 10.6 Å². The number of aryl methyl sites for hydroxylation is 1. The number of nitrogens with zero attached hydrogens (tertiary/aromatic N) is 1. The van der Waals surface area contributed by atoms with E-state index in [-0.39, 0.29) is 17.5 Å². The average Bonchev–Trinajstić information content (AvgIpc) is 3.15. The van der Waals surface area contributed by atoms with E-state index in [0.717, 1.165) is 49.0 Å². The topological polar surface area (TPSA) is 78.5 Å². The van der Waals surface area contributed by atoms with Crippen LogP contribution in [0.1, 0.15) is 50.5 Å². The van der Waals surface area contributed by atoms with Gasteiger partial charge in [0, 0.05) is 25.2 Å². The number of sulfonamides is 1. The van der Waals surface area contributed by atoms with E-state index in [1.807, 2.05) is 13.0 Å². The van der Waals surface area contributed by atoms with E-state index in [1.54, 1.807) is 22.5 Å². The standard InChI is InChI=1S/C23H33N3O3S/c1-16-3-2-4-21(7-16)30(28,29)26-6-5-17(15-26)14-24-22(27)25-23-11-18-8-19(12-23)10-20(9-18)13-23/h2-4,7,17-20H,5-6,8-15H2,1H3,(H2,24,25,27). The minimum Gasteiger partial charge on any atom is -0.338 e. The Morgan fingerprint density at radius 2 is 1.80 bits per heavy atom. The monoisotopic (exact) mass is 431 g/mol. The molecule has 1 unspecified atom stereocenters. The van der Waals surface area contributed by atoms with Gasteiger partial charge in [-0.05, 0) is 93.2 Å². The second kappa shape index (κ2) is 7.52. The summed E-state index contributed by atoms with van der Waals surface area (Å²) in [5.41, 5.74) is 0.949. The lowest BCUT2D eigenvalue weighted by Crippen LogP contribution is -2.61. The van der Waals surface area contributed by atoms with Crippen molar-refractivity contribution in [1.29, 1.82) is 0 Å². The van der Waals surface area contributed by atoms with Gasteiger partial charge in [-0.3, -0.25) is 0 Å². The third-order valence-electron chi connectivity index (χ3n) is 7.84. The van der Waals surface area contributed by atoms with Gasteiger partial charge in [0.25, 0.3) is 0 Å². The molecule has 4 aliphatic carbocycles. The van der Waals surface area contributed by atoms with Crippen LogP contribution in [-0.2, 0) is 10.0 Å². The van der Waals surface area contributed by atoms with Crippen LogP contribution in [0.4, 0.5) is 4.79 Å². The summed E-state index contributed by atoms with van der Waals surface area (Å²) < 4.78 is 27.4. The molecule has 7 heteroatoms. The molecule has 1 atom stereocenters. The Hall–Kier alpha value is -1.60. The molecule has 2 N–H and O–H groups in total. The lowest BCUT2D eigenvalue weighted by Gasteiger charge is -2.56. The first-order valence-electron chi connectivity index (χ1n) is 11.4. The van der Waals surface area contributed by atoms with Gasteiger partial charge in [-0.25, -0.2) is 13.2 Å². The van der Waals surface area contributed by atoms with E-state index in [9.17, 15) is 13.2 Å². The molecule has 1 aliphatic heterocycles. The molecule has 6 rings (SSSR count). The number of hydrogen-bond donors (Lipinski definition) is 2. The number of urea groups is 1. The van der Waals surface area contributed by atoms with Gasteiger partial charge in [-0.2, -0.15) is 4.31 Å². The molecule has 1 aromatic carbocycles. The molecule has 164 valence electrons. The number of nitrogens with one attached hydrogen (secondary N) is 2. The summed E-state index contributed by atoms with van der Waals surface area (Å²) >= 11 is 0. The van der Waals surface area contributed by atoms with Crippen molar-refractivity contribution < 1.29 is 13.2 Å². The highest BCUT2D eigenvalue weighted by Crippen LogP contribution is 2.55. The van der Waals surface area contributed by atoms with Crippen molar-refractivity contribution in [2.24, 2.45) is 23.7 Å². The zero-order valence-electron chi connectivity index (χ0n) is 17.8. The van der Waals surface area contributed by atoms with Gasteiger partial charge in [0.1, 0.15) is 0 Å². The van der Waals surface area contributed by atoms with Crippen LogP contribution in [0.15, 0.2) is 29.2 Å². The third kappa shape index (κ3) is 3.86. The van der Waals surface area contributed by atoms with Crippen molar-refractivity contribution >= 4 is 16.1 Å². The molecule has 0 aromatic heterocycles. The molecule has 1 heterocycles. The minimum absolute atomic E-state index is 0.00898. The summed E-state index contributed by atoms with van der Waals surface area (Å²) in [6, 6.07) is 6.99. The lowest BCUT2D eigenvalue weighted by atomic mass is 9.53. The first-order chi connectivity index (χ1) is 14.3. The molecule has 0 spiro atoms. The van der Waals surface area contributed by atoms with E-state index >= 15 is 0 Å². The summed E-state index contributed by atoms with van der Waals surface area (Å²) in [6.07, 6.45) is 8.26. The Morgan fingerprint density at radius 3 is 2.43 bits per heavy atom. The smallest absolute Gasteiger partial charge is 0.315 e. The minimum atomic E-state index is -3.46. The summed E-state index contributed by atoms with van der Waals surface area (Å²) in [5, 5.41) is 6.39. The highest BCUT2D eigenvalue weighted by Gasteiger charge is 2.51. The maximum Gasteiger partial charge on any atom is 0.315 e. The van der Waals surface area contributed by atoms with Crippen molar-refractivity contribution in [1.82, 2.24) is 14.9 Å². The molecule has 1 saturated heterocycles. The molecular weight excluding hydrogens is 398 g/mol. The summed E-state index contributed by atoms with van der Waals surface area (Å²) in [7, 11) is -3.46. The number of carbonyl (C=O) groups is 1. The van der Waals surface area contributed by atoms with Crippen LogP contribution in [0, 0.1) is 30.6 Å². The fourth-order valence-corrected chi connectivity index (χ4v) is 8.53. The highest BCUT2D eigenvalue weighted by molar-refractivity contribution is 7.89. The molecule has 4 saturated carbocycles. The van der Waals surface area contributed by atoms with Crippen molar-refractivity contribution in [3.8, 4) is 0 Å². The quantitative estimate of drug-likeness (QED) is 0.751. The van der Waals surface area contributed by atoms with E-state index in [1.165, 1.54) is 19.3 Å². The molecule has 1 aromatic rings. The van der Waals surface area contributed by atoms with Gasteiger partial charge in [0.05, 0.1) is 4.90 Å². The normalized spacial score (nSPS) is 35.5. The molecule has 6 nitrogen and oxygen atoms in total. The Morgan fingerprint density at radius 1 is 1.13 bits per heavy atom. The van der Waals surface area contributed by atoms with E-state index in [0.29, 0.717) is 24.5 Å². The highest BCUT2D eigenvalue weighted by atomic mass is 32.2. The fraction of sp³-hybridized carbons (Fsp3) is 0.696. The zero-order valence-corrected chi connectivity index (χ0v) is 18.6. The molecule has 5 aliphatic rings. The Balaban J connectivity index is 1.14. The molecular formula is C23H33N3O3S. The Kier molecular flexibility index (Phi) is 5.09. The SMILES string of the molecule is Cc1cccc(S(=O)(=O)N2CCC(CNC(=O)NC34CC5CC(CC(C5)C3)C4)C2)c1. The predicted octanol–water partition coefficient (Wildman–Crippen LogP) is 3.27. The van der Waals surface area contributed by atoms with Gasteiger partial charge in [0.2, 0.25) is 10.0 Å². The van der Waals surface area contributed by atoms with Crippen molar-refractivity contribution in [2.75, 3.05) is 19.6 Å². The first kappa shape index (κ1) is 20.3. The summed E-state index contributed by atoms with van der Waals surface area (Å²) in [5.74, 6) is 2.55. The van der Waals surface area contributed by atoms with Crippen LogP contribution in [-0.4, -0.2) is 43.9 Å². The summed E-state index contributed by atoms with van der Waals surface area (Å²) in [4.78, 5) is 13.0. The largest absolute Gasteiger partial charge is 0.338 e. The Bertz CT molecular complexity index is 894. The van der Waals surface area contributed by atoms with E-state index in [2.05, 4.69) is 10.6 Å². The maximum atomic E-state index is 12.9. The zero-order chi connectivity index (χ0) is 20.9. The molecule has 2 amide bonds. The van der Waals surface area contributed by atoms with E-state index in [4.69, 9.17) is 0 Å². The second-order valence-electron chi connectivity index (χ2n) is 10.4. The van der Waals surface area contributed by atoms with Crippen molar-refractivity contribution in [3.63, 3.8) is 0 Å². The number of hydrogen-bond acceptors (Lipinski definition) is 3. The van der Waals surface area contributed by atoms with Crippen LogP contribution in [0.5, 0.6) is 0 Å². The van der Waals surface area contributed by atoms with Gasteiger partial charge in [-0.15, -0.1) is 0 Å². The first-order valence-corrected chi connectivity index (χ1v) is 12.9. The lowest BCUT2D eigenvalue weighted by molar-refractivity contribution is -0.0135. The van der Waals surface area contributed by atoms with Crippen molar-refractivity contribution in [2.45, 2.75) is 62.3 Å². The molecule has 4 bridgehead atoms. The van der Waals surface area contributed by atoms with E-state index < -0.39 is 10.0 Å². The number of rotatable bonds is 5.